The first-order valence-corrected chi connectivity index (χ1v) is 25.4. The zero-order valence-electron chi connectivity index (χ0n) is 37.1. The van der Waals surface area contributed by atoms with Gasteiger partial charge in [-0.1, -0.05) is 212 Å². The van der Waals surface area contributed by atoms with E-state index in [2.05, 4.69) is 30.5 Å². The number of carbonyl (C=O) groups excluding carboxylic acids is 2. The number of esters is 2. The standard InChI is InChI=1S/C47H91O8P/c1-4-6-8-10-12-14-16-18-20-21-22-23-24-25-26-27-28-30-31-33-35-37-39-41-46(48)53-43-45(44-54-56(50,51)52-3)55-47(49)42-40-38-36-34-32-29-19-17-15-13-11-9-7-5-2/h17,19,45H,4-16,18,20-44H2,1-3H3,(H,50,51)/b19-17-. The summed E-state index contributed by atoms with van der Waals surface area (Å²) in [6.07, 6.45) is 48.5. The van der Waals surface area contributed by atoms with Crippen molar-refractivity contribution in [2.45, 2.75) is 258 Å². The summed E-state index contributed by atoms with van der Waals surface area (Å²) in [4.78, 5) is 34.5. The maximum Gasteiger partial charge on any atom is 0.472 e. The van der Waals surface area contributed by atoms with Gasteiger partial charge in [-0.15, -0.1) is 0 Å². The van der Waals surface area contributed by atoms with E-state index in [9.17, 15) is 19.0 Å². The molecule has 1 N–H and O–H groups in total. The lowest BCUT2D eigenvalue weighted by atomic mass is 10.0. The molecule has 0 aromatic heterocycles. The fraction of sp³-hybridized carbons (Fsp3) is 0.915. The SMILES string of the molecule is CCCCCCC/C=C\CCCCCCCC(=O)OC(COC(=O)CCCCCCCCCCCCCCCCCCCCCCCCC)COP(=O)(O)OC. The van der Waals surface area contributed by atoms with Gasteiger partial charge in [0.1, 0.15) is 6.61 Å². The summed E-state index contributed by atoms with van der Waals surface area (Å²) in [6.45, 7) is 3.91. The summed E-state index contributed by atoms with van der Waals surface area (Å²) < 4.78 is 32.0. The lowest BCUT2D eigenvalue weighted by molar-refractivity contribution is -0.161. The van der Waals surface area contributed by atoms with E-state index in [0.29, 0.717) is 12.8 Å². The normalized spacial score (nSPS) is 13.3. The van der Waals surface area contributed by atoms with E-state index in [0.717, 1.165) is 58.5 Å². The van der Waals surface area contributed by atoms with E-state index in [1.54, 1.807) is 0 Å². The molecule has 0 aromatic rings. The van der Waals surface area contributed by atoms with Crippen LogP contribution in [0.3, 0.4) is 0 Å². The van der Waals surface area contributed by atoms with Crippen molar-refractivity contribution in [1.82, 2.24) is 0 Å². The second kappa shape index (κ2) is 43.4. The zero-order valence-corrected chi connectivity index (χ0v) is 38.0. The Labute approximate surface area is 346 Å². The van der Waals surface area contributed by atoms with E-state index in [1.165, 1.54) is 167 Å². The van der Waals surface area contributed by atoms with Crippen LogP contribution >= 0.6 is 7.82 Å². The maximum absolute atomic E-state index is 12.5. The minimum Gasteiger partial charge on any atom is -0.462 e. The molecule has 0 saturated carbocycles. The molecule has 0 amide bonds. The van der Waals surface area contributed by atoms with Crippen LogP contribution in [0.5, 0.6) is 0 Å². The molecule has 0 radical (unpaired) electrons. The number of phosphoric acid groups is 1. The van der Waals surface area contributed by atoms with Crippen LogP contribution in [0.2, 0.25) is 0 Å². The quantitative estimate of drug-likeness (QED) is 0.0280. The molecule has 9 heteroatoms. The predicted octanol–water partition coefficient (Wildman–Crippen LogP) is 15.2. The third-order valence-corrected chi connectivity index (χ3v) is 11.7. The van der Waals surface area contributed by atoms with Crippen molar-refractivity contribution in [3.05, 3.63) is 12.2 Å². The minimum absolute atomic E-state index is 0.222. The summed E-state index contributed by atoms with van der Waals surface area (Å²) in [7, 11) is -3.19. The Bertz CT molecular complexity index is 926. The fourth-order valence-electron chi connectivity index (χ4n) is 7.07. The van der Waals surface area contributed by atoms with Crippen molar-refractivity contribution in [3.63, 3.8) is 0 Å². The molecule has 0 heterocycles. The van der Waals surface area contributed by atoms with Crippen molar-refractivity contribution >= 4 is 19.8 Å². The van der Waals surface area contributed by atoms with Gasteiger partial charge in [-0.3, -0.25) is 18.6 Å². The molecule has 0 aliphatic heterocycles. The van der Waals surface area contributed by atoms with Gasteiger partial charge in [0, 0.05) is 20.0 Å². The van der Waals surface area contributed by atoms with Crippen LogP contribution in [0.4, 0.5) is 0 Å². The van der Waals surface area contributed by atoms with Crippen molar-refractivity contribution in [3.8, 4) is 0 Å². The Hall–Kier alpha value is -1.21. The highest BCUT2D eigenvalue weighted by Gasteiger charge is 2.24. The number of phosphoric ester groups is 1. The molecular formula is C47H91O8P. The number of carbonyl (C=O) groups is 2. The van der Waals surface area contributed by atoms with Crippen molar-refractivity contribution in [1.29, 1.82) is 0 Å². The first-order chi connectivity index (χ1) is 27.3. The van der Waals surface area contributed by atoms with E-state index >= 15 is 0 Å². The fourth-order valence-corrected chi connectivity index (χ4v) is 7.53. The minimum atomic E-state index is -4.26. The largest absolute Gasteiger partial charge is 0.472 e. The highest BCUT2D eigenvalue weighted by molar-refractivity contribution is 7.47. The molecule has 8 nitrogen and oxygen atoms in total. The number of ether oxygens (including phenoxy) is 2. The summed E-state index contributed by atoms with van der Waals surface area (Å²) in [5.74, 6) is -0.799. The summed E-state index contributed by atoms with van der Waals surface area (Å²) >= 11 is 0. The molecule has 2 atom stereocenters. The lowest BCUT2D eigenvalue weighted by Gasteiger charge is -2.19. The average molecular weight is 815 g/mol. The third kappa shape index (κ3) is 42.4. The molecule has 0 fully saturated rings. The van der Waals surface area contributed by atoms with Crippen LogP contribution in [-0.2, 0) is 32.7 Å². The molecule has 0 bridgehead atoms. The van der Waals surface area contributed by atoms with Gasteiger partial charge < -0.3 is 14.4 Å². The smallest absolute Gasteiger partial charge is 0.462 e. The third-order valence-electron chi connectivity index (χ3n) is 10.8. The topological polar surface area (TPSA) is 108 Å². The Balaban J connectivity index is 3.85. The highest BCUT2D eigenvalue weighted by Crippen LogP contribution is 2.42. The molecule has 2 unspecified atom stereocenters. The molecule has 0 rings (SSSR count). The summed E-state index contributed by atoms with van der Waals surface area (Å²) in [6, 6.07) is 0. The van der Waals surface area contributed by atoms with Gasteiger partial charge in [0.2, 0.25) is 0 Å². The summed E-state index contributed by atoms with van der Waals surface area (Å²) in [5, 5.41) is 0. The maximum atomic E-state index is 12.5. The number of unbranched alkanes of at least 4 members (excludes halogenated alkanes) is 32. The number of allylic oxidation sites excluding steroid dienone is 2. The molecule has 332 valence electrons. The van der Waals surface area contributed by atoms with E-state index in [4.69, 9.17) is 14.0 Å². The summed E-state index contributed by atoms with van der Waals surface area (Å²) in [5.41, 5.74) is 0. The number of hydrogen-bond acceptors (Lipinski definition) is 7. The van der Waals surface area contributed by atoms with Gasteiger partial charge in [-0.05, 0) is 38.5 Å². The van der Waals surface area contributed by atoms with Gasteiger partial charge in [0.25, 0.3) is 0 Å². The van der Waals surface area contributed by atoms with E-state index in [-0.39, 0.29) is 19.0 Å². The zero-order chi connectivity index (χ0) is 41.1. The van der Waals surface area contributed by atoms with Gasteiger partial charge in [0.05, 0.1) is 6.61 Å². The molecular weight excluding hydrogens is 723 g/mol. The van der Waals surface area contributed by atoms with Crippen LogP contribution in [0.15, 0.2) is 12.2 Å². The van der Waals surface area contributed by atoms with Crippen LogP contribution in [0.25, 0.3) is 0 Å². The van der Waals surface area contributed by atoms with Crippen molar-refractivity contribution in [2.75, 3.05) is 20.3 Å². The second-order valence-electron chi connectivity index (χ2n) is 16.3. The molecule has 0 aliphatic rings. The first-order valence-electron chi connectivity index (χ1n) is 23.9. The molecule has 0 spiro atoms. The predicted molar refractivity (Wildman–Crippen MR) is 235 cm³/mol. The highest BCUT2D eigenvalue weighted by atomic mass is 31.2. The molecule has 0 aromatic carbocycles. The van der Waals surface area contributed by atoms with Gasteiger partial charge >= 0.3 is 19.8 Å². The first kappa shape index (κ1) is 54.8. The Kier molecular flexibility index (Phi) is 42.4. The molecule has 0 aliphatic carbocycles. The molecule has 0 saturated heterocycles. The van der Waals surface area contributed by atoms with Crippen molar-refractivity contribution in [2.24, 2.45) is 0 Å². The van der Waals surface area contributed by atoms with E-state index < -0.39 is 26.5 Å². The van der Waals surface area contributed by atoms with Gasteiger partial charge in [-0.2, -0.15) is 0 Å². The van der Waals surface area contributed by atoms with Crippen LogP contribution < -0.4 is 0 Å². The van der Waals surface area contributed by atoms with Crippen molar-refractivity contribution < 1.29 is 37.6 Å². The molecule has 56 heavy (non-hydrogen) atoms. The van der Waals surface area contributed by atoms with Gasteiger partial charge in [-0.25, -0.2) is 4.57 Å². The number of hydrogen-bond donors (Lipinski definition) is 1. The van der Waals surface area contributed by atoms with E-state index in [1.807, 2.05) is 0 Å². The average Bonchev–Trinajstić information content (AvgIpc) is 3.19. The Morgan fingerprint density at radius 2 is 0.804 bits per heavy atom. The Morgan fingerprint density at radius 3 is 1.16 bits per heavy atom. The van der Waals surface area contributed by atoms with Crippen LogP contribution in [-0.4, -0.2) is 43.3 Å². The monoisotopic (exact) mass is 815 g/mol. The second-order valence-corrected chi connectivity index (χ2v) is 17.8. The number of rotatable bonds is 45. The van der Waals surface area contributed by atoms with Crippen LogP contribution in [0, 0.1) is 0 Å². The van der Waals surface area contributed by atoms with Gasteiger partial charge in [0.15, 0.2) is 6.10 Å². The lowest BCUT2D eigenvalue weighted by Crippen LogP contribution is -2.29. The van der Waals surface area contributed by atoms with Crippen LogP contribution in [0.1, 0.15) is 251 Å². The Morgan fingerprint density at radius 1 is 0.482 bits per heavy atom.